The summed E-state index contributed by atoms with van der Waals surface area (Å²) >= 11 is 0. The molecule has 1 spiro atoms. The third kappa shape index (κ3) is 3.95. The molecule has 2 aliphatic rings. The van der Waals surface area contributed by atoms with Gasteiger partial charge in [-0.25, -0.2) is 0 Å². The van der Waals surface area contributed by atoms with Crippen LogP contribution in [0.5, 0.6) is 0 Å². The maximum atomic E-state index is 13.1. The van der Waals surface area contributed by atoms with Crippen molar-refractivity contribution in [2.24, 2.45) is 5.41 Å². The highest BCUT2D eigenvalue weighted by Crippen LogP contribution is 2.40. The summed E-state index contributed by atoms with van der Waals surface area (Å²) in [6, 6.07) is 5.09. The van der Waals surface area contributed by atoms with E-state index >= 15 is 0 Å². The molecular weight excluding hydrogens is 361 g/mol. The Bertz CT molecular complexity index is 720. The Kier molecular flexibility index (Phi) is 5.46. The predicted molar refractivity (Wildman–Crippen MR) is 91.7 cm³/mol. The average Bonchev–Trinajstić information content (AvgIpc) is 3.04. The second-order valence-electron chi connectivity index (χ2n) is 7.30. The number of alkyl halides is 3. The first-order chi connectivity index (χ1) is 12.8. The first-order valence-corrected chi connectivity index (χ1v) is 9.10. The van der Waals surface area contributed by atoms with Crippen molar-refractivity contribution >= 4 is 11.8 Å². The highest BCUT2D eigenvalue weighted by atomic mass is 19.4. The zero-order valence-corrected chi connectivity index (χ0v) is 15.0. The predicted octanol–water partition coefficient (Wildman–Crippen LogP) is 2.08. The molecule has 1 unspecified atom stereocenters. The second-order valence-corrected chi connectivity index (χ2v) is 7.30. The number of nitrogens with zero attached hydrogens (tertiary/aromatic N) is 2. The minimum absolute atomic E-state index is 0.0483. The number of piperidine rings is 1. The summed E-state index contributed by atoms with van der Waals surface area (Å²) in [5, 5.41) is 9.11. The van der Waals surface area contributed by atoms with Gasteiger partial charge in [0, 0.05) is 26.2 Å². The first kappa shape index (κ1) is 19.7. The number of carbonyl (C=O) groups is 2. The smallest absolute Gasteiger partial charge is 0.395 e. The van der Waals surface area contributed by atoms with Crippen molar-refractivity contribution in [3.05, 3.63) is 35.4 Å². The summed E-state index contributed by atoms with van der Waals surface area (Å²) in [7, 11) is 0. The number of aliphatic hydroxyl groups excluding tert-OH is 1. The van der Waals surface area contributed by atoms with Crippen molar-refractivity contribution in [2.75, 3.05) is 32.8 Å². The SMILES string of the molecule is O=C(Cc1ccccc1C(F)(F)F)N1CCC2(CCCN(CCO)C2=O)C1. The molecule has 2 amide bonds. The Balaban J connectivity index is 1.71. The van der Waals surface area contributed by atoms with Crippen LogP contribution in [-0.4, -0.2) is 59.5 Å². The van der Waals surface area contributed by atoms with Crippen LogP contribution in [0.25, 0.3) is 0 Å². The number of halogens is 3. The molecule has 2 heterocycles. The van der Waals surface area contributed by atoms with Crippen LogP contribution in [0.15, 0.2) is 24.3 Å². The van der Waals surface area contributed by atoms with Gasteiger partial charge in [0.05, 0.1) is 24.0 Å². The lowest BCUT2D eigenvalue weighted by molar-refractivity contribution is -0.146. The third-order valence-corrected chi connectivity index (χ3v) is 5.57. The fourth-order valence-electron chi connectivity index (χ4n) is 4.18. The number of likely N-dealkylation sites (tertiary alicyclic amines) is 2. The van der Waals surface area contributed by atoms with Gasteiger partial charge in [-0.1, -0.05) is 18.2 Å². The van der Waals surface area contributed by atoms with E-state index in [1.54, 1.807) is 4.90 Å². The van der Waals surface area contributed by atoms with Crippen molar-refractivity contribution in [2.45, 2.75) is 31.9 Å². The maximum Gasteiger partial charge on any atom is 0.416 e. The standard InChI is InChI=1S/C19H23F3N2O3/c20-19(21,22)15-5-2-1-4-14(15)12-16(26)24-9-7-18(13-24)6-3-8-23(10-11-25)17(18)27/h1-2,4-5,25H,3,6-13H2. The zero-order valence-electron chi connectivity index (χ0n) is 15.0. The topological polar surface area (TPSA) is 60.9 Å². The molecule has 0 bridgehead atoms. The average molecular weight is 384 g/mol. The molecular formula is C19H23F3N2O3. The summed E-state index contributed by atoms with van der Waals surface area (Å²) in [4.78, 5) is 28.5. The van der Waals surface area contributed by atoms with Gasteiger partial charge in [0.1, 0.15) is 0 Å². The Labute approximate surface area is 155 Å². The minimum atomic E-state index is -4.51. The van der Waals surface area contributed by atoms with Gasteiger partial charge in [-0.2, -0.15) is 13.2 Å². The lowest BCUT2D eigenvalue weighted by Gasteiger charge is -2.39. The number of hydrogen-bond donors (Lipinski definition) is 1. The van der Waals surface area contributed by atoms with Gasteiger partial charge in [-0.15, -0.1) is 0 Å². The Morgan fingerprint density at radius 1 is 1.19 bits per heavy atom. The highest BCUT2D eigenvalue weighted by Gasteiger charge is 2.49. The molecule has 2 saturated heterocycles. The third-order valence-electron chi connectivity index (χ3n) is 5.57. The first-order valence-electron chi connectivity index (χ1n) is 9.10. The summed E-state index contributed by atoms with van der Waals surface area (Å²) in [6.07, 6.45) is -2.87. The summed E-state index contributed by atoms with van der Waals surface area (Å²) in [6.45, 7) is 1.35. The van der Waals surface area contributed by atoms with Crippen molar-refractivity contribution in [1.82, 2.24) is 9.80 Å². The second kappa shape index (κ2) is 7.50. The number of hydrogen-bond acceptors (Lipinski definition) is 3. The summed E-state index contributed by atoms with van der Waals surface area (Å²) in [5.41, 5.74) is -1.50. The number of benzene rings is 1. The fourth-order valence-corrected chi connectivity index (χ4v) is 4.18. The van der Waals surface area contributed by atoms with Gasteiger partial charge < -0.3 is 14.9 Å². The largest absolute Gasteiger partial charge is 0.416 e. The van der Waals surface area contributed by atoms with Crippen molar-refractivity contribution in [3.8, 4) is 0 Å². The van der Waals surface area contributed by atoms with E-state index in [1.165, 1.54) is 23.1 Å². The van der Waals surface area contributed by atoms with E-state index in [-0.39, 0.29) is 37.6 Å². The van der Waals surface area contributed by atoms with Gasteiger partial charge in [-0.05, 0) is 30.9 Å². The molecule has 148 valence electrons. The Morgan fingerprint density at radius 2 is 1.93 bits per heavy atom. The van der Waals surface area contributed by atoms with Crippen LogP contribution in [0, 0.1) is 5.41 Å². The van der Waals surface area contributed by atoms with E-state index in [2.05, 4.69) is 0 Å². The molecule has 3 rings (SSSR count). The minimum Gasteiger partial charge on any atom is -0.395 e. The maximum absolute atomic E-state index is 13.1. The van der Waals surface area contributed by atoms with Crippen LogP contribution < -0.4 is 0 Å². The number of β-amino-alcohol motifs (C(OH)–C–C–N with tert-alkyl or cyclic N) is 1. The van der Waals surface area contributed by atoms with Gasteiger partial charge in [0.25, 0.3) is 0 Å². The van der Waals surface area contributed by atoms with E-state index in [0.717, 1.165) is 12.5 Å². The lowest BCUT2D eigenvalue weighted by atomic mass is 9.78. The zero-order chi connectivity index (χ0) is 19.7. The van der Waals surface area contributed by atoms with Crippen molar-refractivity contribution in [3.63, 3.8) is 0 Å². The van der Waals surface area contributed by atoms with Crippen LogP contribution in [0.4, 0.5) is 13.2 Å². The monoisotopic (exact) mass is 384 g/mol. The quantitative estimate of drug-likeness (QED) is 0.865. The van der Waals surface area contributed by atoms with Crippen molar-refractivity contribution in [1.29, 1.82) is 0 Å². The van der Waals surface area contributed by atoms with E-state index < -0.39 is 23.1 Å². The lowest BCUT2D eigenvalue weighted by Crippen LogP contribution is -2.51. The van der Waals surface area contributed by atoms with Gasteiger partial charge >= 0.3 is 6.18 Å². The van der Waals surface area contributed by atoms with Crippen LogP contribution in [-0.2, 0) is 22.2 Å². The summed E-state index contributed by atoms with van der Waals surface area (Å²) in [5.74, 6) is -0.454. The van der Waals surface area contributed by atoms with Crippen LogP contribution in [0.1, 0.15) is 30.4 Å². The molecule has 0 aliphatic carbocycles. The van der Waals surface area contributed by atoms with E-state index in [0.29, 0.717) is 25.9 Å². The van der Waals surface area contributed by atoms with E-state index in [1.807, 2.05) is 0 Å². The molecule has 5 nitrogen and oxygen atoms in total. The molecule has 1 atom stereocenters. The number of rotatable bonds is 4. The molecule has 1 aromatic carbocycles. The Hall–Kier alpha value is -2.09. The molecule has 1 aromatic rings. The fraction of sp³-hybridized carbons (Fsp3) is 0.579. The van der Waals surface area contributed by atoms with Gasteiger partial charge in [0.15, 0.2) is 0 Å². The van der Waals surface area contributed by atoms with Crippen LogP contribution in [0.2, 0.25) is 0 Å². The highest BCUT2D eigenvalue weighted by molar-refractivity contribution is 5.86. The van der Waals surface area contributed by atoms with E-state index in [4.69, 9.17) is 5.11 Å². The molecule has 8 heteroatoms. The van der Waals surface area contributed by atoms with Crippen LogP contribution in [0.3, 0.4) is 0 Å². The molecule has 27 heavy (non-hydrogen) atoms. The van der Waals surface area contributed by atoms with Crippen LogP contribution >= 0.6 is 0 Å². The molecule has 2 aliphatic heterocycles. The van der Waals surface area contributed by atoms with E-state index in [9.17, 15) is 22.8 Å². The molecule has 2 fully saturated rings. The van der Waals surface area contributed by atoms with Crippen molar-refractivity contribution < 1.29 is 27.9 Å². The molecule has 0 aromatic heterocycles. The van der Waals surface area contributed by atoms with Gasteiger partial charge in [0.2, 0.25) is 11.8 Å². The molecule has 0 saturated carbocycles. The molecule has 0 radical (unpaired) electrons. The number of amides is 2. The normalized spacial score (nSPS) is 23.3. The Morgan fingerprint density at radius 3 is 2.63 bits per heavy atom. The van der Waals surface area contributed by atoms with Gasteiger partial charge in [-0.3, -0.25) is 9.59 Å². The summed E-state index contributed by atoms with van der Waals surface area (Å²) < 4.78 is 39.4. The molecule has 1 N–H and O–H groups in total. The number of aliphatic hydroxyl groups is 1. The number of carbonyl (C=O) groups excluding carboxylic acids is 2.